The topological polar surface area (TPSA) is 81.2 Å². The number of aromatic hydroxyl groups is 2. The summed E-state index contributed by atoms with van der Waals surface area (Å²) in [5.74, 6) is -0.159. The van der Waals surface area contributed by atoms with Gasteiger partial charge in [-0.05, 0) is 19.0 Å². The molecular weight excluding hydrogens is 289 g/mol. The number of nitrogens with one attached hydrogen (secondary N) is 2. The molecule has 1 aromatic heterocycles. The largest absolute Gasteiger partial charge is 0.507 e. The van der Waals surface area contributed by atoms with Gasteiger partial charge in [-0.1, -0.05) is 11.6 Å². The predicted molar refractivity (Wildman–Crippen MR) is 75.0 cm³/mol. The first-order chi connectivity index (χ1) is 8.66. The molecule has 0 fully saturated rings. The van der Waals surface area contributed by atoms with Crippen molar-refractivity contribution in [2.75, 3.05) is 6.54 Å². The summed E-state index contributed by atoms with van der Waals surface area (Å²) in [6, 6.07) is 2.77. The number of phenols is 2. The van der Waals surface area contributed by atoms with Crippen LogP contribution in [-0.2, 0) is 13.0 Å². The van der Waals surface area contributed by atoms with Crippen LogP contribution in [0.1, 0.15) is 11.3 Å². The molecule has 1 aliphatic heterocycles. The molecule has 19 heavy (non-hydrogen) atoms. The van der Waals surface area contributed by atoms with E-state index in [0.717, 1.165) is 30.8 Å². The predicted octanol–water partition coefficient (Wildman–Crippen LogP) is 2.21. The smallest absolute Gasteiger partial charge is 0.137 e. The molecule has 102 valence electrons. The molecule has 7 heteroatoms. The molecule has 0 saturated carbocycles. The van der Waals surface area contributed by atoms with E-state index >= 15 is 0 Å². The Hall–Kier alpha value is -1.43. The van der Waals surface area contributed by atoms with Gasteiger partial charge in [-0.2, -0.15) is 5.10 Å². The number of H-pyrrole nitrogens is 1. The standard InChI is InChI=1S/C12H12ClN3O2.ClH/c13-8-3-7(10(17)4-11(8)18)12-6-1-2-14-5-9(6)15-16-12;/h3-4,14,17-18H,1-2,5H2,(H,15,16);1H. The van der Waals surface area contributed by atoms with E-state index in [1.165, 1.54) is 12.1 Å². The zero-order valence-electron chi connectivity index (χ0n) is 9.90. The first-order valence-corrected chi connectivity index (χ1v) is 6.03. The van der Waals surface area contributed by atoms with Gasteiger partial charge in [0.25, 0.3) is 0 Å². The molecule has 2 heterocycles. The summed E-state index contributed by atoms with van der Waals surface area (Å²) in [4.78, 5) is 0. The van der Waals surface area contributed by atoms with Gasteiger partial charge in [-0.25, -0.2) is 0 Å². The lowest BCUT2D eigenvalue weighted by molar-refractivity contribution is 0.452. The van der Waals surface area contributed by atoms with Crippen molar-refractivity contribution in [2.24, 2.45) is 0 Å². The number of hydrogen-bond donors (Lipinski definition) is 4. The molecule has 1 aliphatic rings. The first-order valence-electron chi connectivity index (χ1n) is 5.65. The number of rotatable bonds is 1. The maximum atomic E-state index is 9.90. The number of benzene rings is 1. The van der Waals surface area contributed by atoms with Crippen LogP contribution in [0.5, 0.6) is 11.5 Å². The van der Waals surface area contributed by atoms with Crippen LogP contribution in [0.2, 0.25) is 5.02 Å². The molecule has 0 atom stereocenters. The number of fused-ring (bicyclic) bond motifs is 1. The molecule has 5 nitrogen and oxygen atoms in total. The number of nitrogens with zero attached hydrogens (tertiary/aromatic N) is 1. The van der Waals surface area contributed by atoms with E-state index in [9.17, 15) is 10.2 Å². The molecule has 1 aromatic carbocycles. The number of aromatic nitrogens is 2. The van der Waals surface area contributed by atoms with Gasteiger partial charge in [0, 0.05) is 23.7 Å². The van der Waals surface area contributed by atoms with Crippen LogP contribution in [0.3, 0.4) is 0 Å². The van der Waals surface area contributed by atoms with Crippen LogP contribution in [0.15, 0.2) is 12.1 Å². The molecule has 2 aromatic rings. The average molecular weight is 302 g/mol. The molecular formula is C12H13Cl2N3O2. The van der Waals surface area contributed by atoms with Crippen molar-refractivity contribution in [3.63, 3.8) is 0 Å². The lowest BCUT2D eigenvalue weighted by atomic mass is 10.0. The number of halogens is 2. The molecule has 0 unspecified atom stereocenters. The maximum Gasteiger partial charge on any atom is 0.137 e. The van der Waals surface area contributed by atoms with Gasteiger partial charge in [0.05, 0.1) is 16.4 Å². The van der Waals surface area contributed by atoms with Gasteiger partial charge in [-0.3, -0.25) is 5.10 Å². The van der Waals surface area contributed by atoms with Crippen molar-refractivity contribution >= 4 is 24.0 Å². The molecule has 0 bridgehead atoms. The van der Waals surface area contributed by atoms with Crippen molar-refractivity contribution in [1.82, 2.24) is 15.5 Å². The molecule has 0 radical (unpaired) electrons. The SMILES string of the molecule is Cl.Oc1cc(O)c(-c2n[nH]c3c2CCNC3)cc1Cl. The monoisotopic (exact) mass is 301 g/mol. The summed E-state index contributed by atoms with van der Waals surface area (Å²) in [7, 11) is 0. The second kappa shape index (κ2) is 5.28. The fraction of sp³-hybridized carbons (Fsp3) is 0.250. The Morgan fingerprint density at radius 3 is 2.79 bits per heavy atom. The second-order valence-electron chi connectivity index (χ2n) is 4.28. The summed E-state index contributed by atoms with van der Waals surface area (Å²) < 4.78 is 0. The highest BCUT2D eigenvalue weighted by atomic mass is 35.5. The zero-order valence-corrected chi connectivity index (χ0v) is 11.5. The van der Waals surface area contributed by atoms with Crippen LogP contribution < -0.4 is 5.32 Å². The van der Waals surface area contributed by atoms with Gasteiger partial charge in [0.1, 0.15) is 11.5 Å². The van der Waals surface area contributed by atoms with E-state index in [1.54, 1.807) is 0 Å². The molecule has 0 aliphatic carbocycles. The molecule has 0 saturated heterocycles. The molecule has 3 rings (SSSR count). The minimum Gasteiger partial charge on any atom is -0.507 e. The fourth-order valence-corrected chi connectivity index (χ4v) is 2.37. The first kappa shape index (κ1) is 14.0. The zero-order chi connectivity index (χ0) is 12.7. The van der Waals surface area contributed by atoms with Crippen molar-refractivity contribution in [2.45, 2.75) is 13.0 Å². The van der Waals surface area contributed by atoms with Crippen molar-refractivity contribution < 1.29 is 10.2 Å². The minimum absolute atomic E-state index is 0. The Labute approximate surface area is 121 Å². The Morgan fingerprint density at radius 1 is 1.21 bits per heavy atom. The van der Waals surface area contributed by atoms with E-state index in [4.69, 9.17) is 11.6 Å². The molecule has 0 amide bonds. The lowest BCUT2D eigenvalue weighted by Crippen LogP contribution is -2.23. The number of aromatic amines is 1. The number of hydrogen-bond acceptors (Lipinski definition) is 4. The van der Waals surface area contributed by atoms with Crippen molar-refractivity contribution in [3.8, 4) is 22.8 Å². The lowest BCUT2D eigenvalue weighted by Gasteiger charge is -2.13. The van der Waals surface area contributed by atoms with Gasteiger partial charge < -0.3 is 15.5 Å². The van der Waals surface area contributed by atoms with Crippen LogP contribution in [0.4, 0.5) is 0 Å². The summed E-state index contributed by atoms with van der Waals surface area (Å²) >= 11 is 5.87. The maximum absolute atomic E-state index is 9.90. The van der Waals surface area contributed by atoms with Gasteiger partial charge in [0.15, 0.2) is 0 Å². The third kappa shape index (κ3) is 2.36. The van der Waals surface area contributed by atoms with Crippen LogP contribution in [0, 0.1) is 0 Å². The highest BCUT2D eigenvalue weighted by Gasteiger charge is 2.20. The normalized spacial score (nSPS) is 13.7. The van der Waals surface area contributed by atoms with Crippen LogP contribution in [-0.4, -0.2) is 27.0 Å². The minimum atomic E-state index is -0.135. The van der Waals surface area contributed by atoms with Gasteiger partial charge >= 0.3 is 0 Å². The Bertz CT molecular complexity index is 613. The van der Waals surface area contributed by atoms with Crippen LogP contribution >= 0.6 is 24.0 Å². The molecule has 4 N–H and O–H groups in total. The third-order valence-electron chi connectivity index (χ3n) is 3.13. The summed E-state index contributed by atoms with van der Waals surface area (Å²) in [6.07, 6.45) is 0.846. The van der Waals surface area contributed by atoms with E-state index in [2.05, 4.69) is 15.5 Å². The number of phenolic OH excluding ortho intramolecular Hbond substituents is 2. The van der Waals surface area contributed by atoms with Gasteiger partial charge in [0.2, 0.25) is 0 Å². The van der Waals surface area contributed by atoms with E-state index < -0.39 is 0 Å². The Kier molecular flexibility index (Phi) is 3.89. The third-order valence-corrected chi connectivity index (χ3v) is 3.43. The van der Waals surface area contributed by atoms with E-state index in [0.29, 0.717) is 11.3 Å². The highest BCUT2D eigenvalue weighted by Crippen LogP contribution is 2.38. The van der Waals surface area contributed by atoms with E-state index in [1.807, 2.05) is 0 Å². The quantitative estimate of drug-likeness (QED) is 0.651. The van der Waals surface area contributed by atoms with E-state index in [-0.39, 0.29) is 28.9 Å². The molecule has 0 spiro atoms. The van der Waals surface area contributed by atoms with Gasteiger partial charge in [-0.15, -0.1) is 12.4 Å². The highest BCUT2D eigenvalue weighted by molar-refractivity contribution is 6.32. The Balaban J connectivity index is 0.00000133. The second-order valence-corrected chi connectivity index (χ2v) is 4.68. The summed E-state index contributed by atoms with van der Waals surface area (Å²) in [5, 5.41) is 30.0. The average Bonchev–Trinajstić information content (AvgIpc) is 2.78. The summed E-state index contributed by atoms with van der Waals surface area (Å²) in [5.41, 5.74) is 3.36. The van der Waals surface area contributed by atoms with Crippen molar-refractivity contribution in [3.05, 3.63) is 28.4 Å². The summed E-state index contributed by atoms with van der Waals surface area (Å²) in [6.45, 7) is 1.63. The Morgan fingerprint density at radius 2 is 2.00 bits per heavy atom. The van der Waals surface area contributed by atoms with Crippen molar-refractivity contribution in [1.29, 1.82) is 0 Å². The fourth-order valence-electron chi connectivity index (χ4n) is 2.21. The van der Waals surface area contributed by atoms with Crippen LogP contribution in [0.25, 0.3) is 11.3 Å².